The number of unbranched alkanes of at least 4 members (excludes halogenated alkanes) is 2. The van der Waals surface area contributed by atoms with Gasteiger partial charge in [0, 0.05) is 5.56 Å². The number of nitrogens with zero attached hydrogens (tertiary/aromatic N) is 2. The lowest BCUT2D eigenvalue weighted by Crippen LogP contribution is -2.15. The van der Waals surface area contributed by atoms with Crippen molar-refractivity contribution in [2.75, 3.05) is 17.2 Å². The monoisotopic (exact) mass is 313 g/mol. The van der Waals surface area contributed by atoms with Crippen LogP contribution in [0.5, 0.6) is 0 Å². The first-order valence-corrected chi connectivity index (χ1v) is 9.75. The molecular weight excluding hydrogens is 286 g/mol. The molecule has 1 aromatic rings. The van der Waals surface area contributed by atoms with Crippen LogP contribution in [0.1, 0.15) is 69.7 Å². The highest BCUT2D eigenvalue weighted by Crippen LogP contribution is 2.32. The summed E-state index contributed by atoms with van der Waals surface area (Å²) < 4.78 is 25.1. The van der Waals surface area contributed by atoms with Crippen LogP contribution in [0.2, 0.25) is 0 Å². The van der Waals surface area contributed by atoms with E-state index in [1.165, 1.54) is 12.8 Å². The molecule has 0 spiro atoms. The van der Waals surface area contributed by atoms with E-state index in [0.717, 1.165) is 24.1 Å². The van der Waals surface area contributed by atoms with Crippen molar-refractivity contribution in [3.8, 4) is 0 Å². The first-order chi connectivity index (χ1) is 9.85. The molecule has 2 rings (SSSR count). The van der Waals surface area contributed by atoms with Crippen molar-refractivity contribution >= 4 is 15.7 Å². The van der Waals surface area contributed by atoms with Crippen LogP contribution in [0.15, 0.2) is 0 Å². The predicted octanol–water partition coefficient (Wildman–Crippen LogP) is 2.68. The number of nitrogen functional groups attached to an aromatic ring is 1. The minimum atomic E-state index is -2.92. The van der Waals surface area contributed by atoms with Crippen LogP contribution in [0.3, 0.4) is 0 Å². The maximum Gasteiger partial charge on any atom is 0.152 e. The molecule has 2 N–H and O–H groups in total. The van der Waals surface area contributed by atoms with Gasteiger partial charge in [0.25, 0.3) is 0 Å². The third-order valence-electron chi connectivity index (χ3n) is 4.21. The highest BCUT2D eigenvalue weighted by atomic mass is 32.2. The molecule has 1 saturated heterocycles. The summed E-state index contributed by atoms with van der Waals surface area (Å²) in [6.45, 7) is 6.42. The van der Waals surface area contributed by atoms with Crippen molar-refractivity contribution in [3.63, 3.8) is 0 Å². The van der Waals surface area contributed by atoms with Gasteiger partial charge < -0.3 is 5.73 Å². The maximum atomic E-state index is 11.7. The standard InChI is InChI=1S/C15H27N3O2S/c1-4-5-6-7-13-14(11(2)3)15(16)18(17-13)12-8-9-21(19,20)10-12/h11-12H,4-10,16H2,1-3H3. The van der Waals surface area contributed by atoms with Gasteiger partial charge in [-0.05, 0) is 25.2 Å². The quantitative estimate of drug-likeness (QED) is 0.819. The fourth-order valence-corrected chi connectivity index (χ4v) is 4.80. The fraction of sp³-hybridized carbons (Fsp3) is 0.800. The Morgan fingerprint density at radius 1 is 1.38 bits per heavy atom. The second-order valence-corrected chi connectivity index (χ2v) is 8.59. The summed E-state index contributed by atoms with van der Waals surface area (Å²) in [5.41, 5.74) is 8.45. The Balaban J connectivity index is 2.28. The van der Waals surface area contributed by atoms with Crippen molar-refractivity contribution < 1.29 is 8.42 Å². The van der Waals surface area contributed by atoms with Crippen molar-refractivity contribution in [2.24, 2.45) is 0 Å². The Morgan fingerprint density at radius 3 is 2.62 bits per heavy atom. The molecule has 2 heterocycles. The molecule has 0 aliphatic carbocycles. The van der Waals surface area contributed by atoms with Gasteiger partial charge in [0.2, 0.25) is 0 Å². The second-order valence-electron chi connectivity index (χ2n) is 6.36. The Labute approximate surface area is 127 Å². The normalized spacial score (nSPS) is 21.2. The molecule has 6 heteroatoms. The van der Waals surface area contributed by atoms with Gasteiger partial charge in [-0.15, -0.1) is 0 Å². The van der Waals surface area contributed by atoms with E-state index in [9.17, 15) is 8.42 Å². The molecule has 1 fully saturated rings. The van der Waals surface area contributed by atoms with Gasteiger partial charge in [0.1, 0.15) is 5.82 Å². The SMILES string of the molecule is CCCCCc1nn(C2CCS(=O)(=O)C2)c(N)c1C(C)C. The van der Waals surface area contributed by atoms with Crippen LogP contribution in [-0.2, 0) is 16.3 Å². The summed E-state index contributed by atoms with van der Waals surface area (Å²) in [7, 11) is -2.92. The van der Waals surface area contributed by atoms with E-state index in [-0.39, 0.29) is 17.5 Å². The Hall–Kier alpha value is -1.04. The molecule has 1 aliphatic heterocycles. The summed E-state index contributed by atoms with van der Waals surface area (Å²) in [6.07, 6.45) is 5.02. The number of anilines is 1. The van der Waals surface area contributed by atoms with Crippen LogP contribution < -0.4 is 5.73 Å². The molecule has 0 bridgehead atoms. The highest BCUT2D eigenvalue weighted by molar-refractivity contribution is 7.91. The summed E-state index contributed by atoms with van der Waals surface area (Å²) in [6, 6.07) is -0.0903. The first-order valence-electron chi connectivity index (χ1n) is 7.93. The molecule has 0 radical (unpaired) electrons. The number of hydrogen-bond acceptors (Lipinski definition) is 4. The number of sulfone groups is 1. The molecule has 0 amide bonds. The molecule has 1 unspecified atom stereocenters. The summed E-state index contributed by atoms with van der Waals surface area (Å²) >= 11 is 0. The molecule has 120 valence electrons. The van der Waals surface area contributed by atoms with Crippen LogP contribution in [0, 0.1) is 0 Å². The molecule has 1 aliphatic rings. The van der Waals surface area contributed by atoms with Crippen LogP contribution >= 0.6 is 0 Å². The molecule has 5 nitrogen and oxygen atoms in total. The molecule has 21 heavy (non-hydrogen) atoms. The van der Waals surface area contributed by atoms with E-state index < -0.39 is 9.84 Å². The summed E-state index contributed by atoms with van der Waals surface area (Å²) in [4.78, 5) is 0. The maximum absolute atomic E-state index is 11.7. The van der Waals surface area contributed by atoms with Gasteiger partial charge in [0.05, 0.1) is 23.2 Å². The van der Waals surface area contributed by atoms with Gasteiger partial charge in [0.15, 0.2) is 9.84 Å². The van der Waals surface area contributed by atoms with Gasteiger partial charge in [-0.3, -0.25) is 0 Å². The number of nitrogens with two attached hydrogens (primary N) is 1. The zero-order chi connectivity index (χ0) is 15.6. The third-order valence-corrected chi connectivity index (χ3v) is 5.96. The van der Waals surface area contributed by atoms with Crippen LogP contribution in [0.25, 0.3) is 0 Å². The van der Waals surface area contributed by atoms with E-state index in [2.05, 4.69) is 25.9 Å². The van der Waals surface area contributed by atoms with Gasteiger partial charge in [-0.2, -0.15) is 5.10 Å². The molecule has 0 saturated carbocycles. The van der Waals surface area contributed by atoms with Crippen molar-refractivity contribution in [1.82, 2.24) is 9.78 Å². The average Bonchev–Trinajstić information content (AvgIpc) is 2.90. The lowest BCUT2D eigenvalue weighted by atomic mass is 9.99. The Kier molecular flexibility index (Phi) is 4.96. The third kappa shape index (κ3) is 3.59. The lowest BCUT2D eigenvalue weighted by molar-refractivity contribution is 0.500. The van der Waals surface area contributed by atoms with Crippen LogP contribution in [-0.4, -0.2) is 29.7 Å². The zero-order valence-corrected chi connectivity index (χ0v) is 14.1. The van der Waals surface area contributed by atoms with Gasteiger partial charge in [-0.1, -0.05) is 33.6 Å². The lowest BCUT2D eigenvalue weighted by Gasteiger charge is -2.11. The highest BCUT2D eigenvalue weighted by Gasteiger charge is 2.32. The van der Waals surface area contributed by atoms with E-state index >= 15 is 0 Å². The predicted molar refractivity (Wildman–Crippen MR) is 86.3 cm³/mol. The van der Waals surface area contributed by atoms with Crippen LogP contribution in [0.4, 0.5) is 5.82 Å². The topological polar surface area (TPSA) is 78.0 Å². The minimum Gasteiger partial charge on any atom is -0.384 e. The fourth-order valence-electron chi connectivity index (χ4n) is 3.11. The zero-order valence-electron chi connectivity index (χ0n) is 13.3. The number of aromatic nitrogens is 2. The second kappa shape index (κ2) is 6.38. The van der Waals surface area contributed by atoms with E-state index in [1.54, 1.807) is 4.68 Å². The molecular formula is C15H27N3O2S. The summed E-state index contributed by atoms with van der Waals surface area (Å²) in [5, 5.41) is 4.68. The molecule has 0 aromatic carbocycles. The number of aryl methyl sites for hydroxylation is 1. The van der Waals surface area contributed by atoms with Crippen molar-refractivity contribution in [1.29, 1.82) is 0 Å². The Morgan fingerprint density at radius 2 is 2.10 bits per heavy atom. The number of hydrogen-bond donors (Lipinski definition) is 1. The van der Waals surface area contributed by atoms with E-state index in [4.69, 9.17) is 5.73 Å². The number of rotatable bonds is 6. The average molecular weight is 313 g/mol. The van der Waals surface area contributed by atoms with Crippen molar-refractivity contribution in [3.05, 3.63) is 11.3 Å². The summed E-state index contributed by atoms with van der Waals surface area (Å²) in [5.74, 6) is 1.40. The van der Waals surface area contributed by atoms with Gasteiger partial charge >= 0.3 is 0 Å². The first kappa shape index (κ1) is 16.3. The van der Waals surface area contributed by atoms with E-state index in [1.807, 2.05) is 0 Å². The van der Waals surface area contributed by atoms with Gasteiger partial charge in [-0.25, -0.2) is 13.1 Å². The largest absolute Gasteiger partial charge is 0.384 e. The minimum absolute atomic E-state index is 0.0903. The van der Waals surface area contributed by atoms with E-state index in [0.29, 0.717) is 18.2 Å². The Bertz CT molecular complexity index is 590. The van der Waals surface area contributed by atoms with Crippen molar-refractivity contribution in [2.45, 2.75) is 64.8 Å². The molecule has 1 aromatic heterocycles. The molecule has 1 atom stereocenters. The smallest absolute Gasteiger partial charge is 0.152 e.